The van der Waals surface area contributed by atoms with Crippen molar-refractivity contribution in [3.05, 3.63) is 85.1 Å². The minimum Gasteiger partial charge on any atom is -0.462 e. The van der Waals surface area contributed by atoms with Crippen LogP contribution in [0, 0.1) is 0 Å². The summed E-state index contributed by atoms with van der Waals surface area (Å²) in [4.78, 5) is 38.3. The van der Waals surface area contributed by atoms with Crippen LogP contribution in [0.3, 0.4) is 0 Å². The van der Waals surface area contributed by atoms with Gasteiger partial charge in [-0.05, 0) is 122 Å². The molecule has 432 valence electrons. The van der Waals surface area contributed by atoms with Crippen molar-refractivity contribution in [1.29, 1.82) is 0 Å². The van der Waals surface area contributed by atoms with Gasteiger partial charge in [-0.25, -0.2) is 0 Å². The van der Waals surface area contributed by atoms with Crippen LogP contribution in [0.4, 0.5) is 0 Å². The molecule has 0 aromatic rings. The molecule has 1 atom stereocenters. The number of unbranched alkanes of at least 4 members (excludes halogenated alkanes) is 33. The second-order valence-electron chi connectivity index (χ2n) is 21.3. The first-order chi connectivity index (χ1) is 37.0. The van der Waals surface area contributed by atoms with Crippen LogP contribution in [0.15, 0.2) is 85.1 Å². The van der Waals surface area contributed by atoms with Crippen molar-refractivity contribution in [3.8, 4) is 0 Å². The first-order valence-corrected chi connectivity index (χ1v) is 32.1. The summed E-state index contributed by atoms with van der Waals surface area (Å²) in [7, 11) is 0. The van der Waals surface area contributed by atoms with E-state index in [0.717, 1.165) is 109 Å². The van der Waals surface area contributed by atoms with Crippen LogP contribution in [-0.2, 0) is 28.6 Å². The van der Waals surface area contributed by atoms with Crippen LogP contribution < -0.4 is 0 Å². The quantitative estimate of drug-likeness (QED) is 0.0261. The lowest BCUT2D eigenvalue weighted by Crippen LogP contribution is -2.30. The van der Waals surface area contributed by atoms with Gasteiger partial charge in [0.05, 0.1) is 0 Å². The Labute approximate surface area is 465 Å². The zero-order valence-electron chi connectivity index (χ0n) is 49.6. The van der Waals surface area contributed by atoms with Gasteiger partial charge in [-0.15, -0.1) is 0 Å². The Balaban J connectivity index is 4.40. The number of rotatable bonds is 58. The fourth-order valence-electron chi connectivity index (χ4n) is 8.98. The average molecular weight is 1050 g/mol. The molecule has 1 unspecified atom stereocenters. The second-order valence-corrected chi connectivity index (χ2v) is 21.3. The predicted octanol–water partition coefficient (Wildman–Crippen LogP) is 21.9. The van der Waals surface area contributed by atoms with E-state index < -0.39 is 6.10 Å². The lowest BCUT2D eigenvalue weighted by Gasteiger charge is -2.18. The van der Waals surface area contributed by atoms with E-state index in [1.54, 1.807) is 0 Å². The zero-order valence-corrected chi connectivity index (χ0v) is 49.6. The molecule has 0 aromatic carbocycles. The number of hydrogen-bond acceptors (Lipinski definition) is 6. The molecular weight excluding hydrogens is 925 g/mol. The minimum atomic E-state index is -0.792. The molecule has 0 fully saturated rings. The number of hydrogen-bond donors (Lipinski definition) is 0. The molecule has 6 nitrogen and oxygen atoms in total. The highest BCUT2D eigenvalue weighted by atomic mass is 16.6. The molecule has 0 aliphatic carbocycles. The molecule has 0 rings (SSSR count). The molecule has 0 amide bonds. The normalized spacial score (nSPS) is 12.6. The Morgan fingerprint density at radius 2 is 0.480 bits per heavy atom. The van der Waals surface area contributed by atoms with Gasteiger partial charge >= 0.3 is 17.9 Å². The van der Waals surface area contributed by atoms with Gasteiger partial charge in [-0.1, -0.05) is 260 Å². The number of ether oxygens (including phenoxy) is 3. The summed E-state index contributed by atoms with van der Waals surface area (Å²) in [5.74, 6) is -0.905. The summed E-state index contributed by atoms with van der Waals surface area (Å²) in [5.41, 5.74) is 0. The second kappa shape index (κ2) is 63.1. The van der Waals surface area contributed by atoms with E-state index in [-0.39, 0.29) is 31.1 Å². The van der Waals surface area contributed by atoms with Gasteiger partial charge in [-0.3, -0.25) is 14.4 Å². The molecule has 75 heavy (non-hydrogen) atoms. The molecule has 0 aliphatic rings. The van der Waals surface area contributed by atoms with Crippen LogP contribution in [0.1, 0.15) is 316 Å². The van der Waals surface area contributed by atoms with Gasteiger partial charge in [-0.2, -0.15) is 0 Å². The fourth-order valence-corrected chi connectivity index (χ4v) is 8.98. The Kier molecular flexibility index (Phi) is 60.3. The van der Waals surface area contributed by atoms with E-state index >= 15 is 0 Å². The van der Waals surface area contributed by atoms with Crippen LogP contribution in [0.25, 0.3) is 0 Å². The molecule has 0 heterocycles. The molecule has 0 spiro atoms. The molecule has 0 saturated carbocycles. The van der Waals surface area contributed by atoms with Crippen LogP contribution in [-0.4, -0.2) is 37.2 Å². The van der Waals surface area contributed by atoms with Gasteiger partial charge in [0.1, 0.15) is 13.2 Å². The lowest BCUT2D eigenvalue weighted by atomic mass is 10.1. The zero-order chi connectivity index (χ0) is 54.3. The van der Waals surface area contributed by atoms with Crippen molar-refractivity contribution >= 4 is 17.9 Å². The summed E-state index contributed by atoms with van der Waals surface area (Å²) in [6, 6.07) is 0. The molecular formula is C69H120O6. The van der Waals surface area contributed by atoms with Gasteiger partial charge < -0.3 is 14.2 Å². The maximum absolute atomic E-state index is 12.9. The van der Waals surface area contributed by atoms with Gasteiger partial charge in [0.25, 0.3) is 0 Å². The Morgan fingerprint density at radius 3 is 0.760 bits per heavy atom. The van der Waals surface area contributed by atoms with E-state index in [0.29, 0.717) is 19.3 Å². The minimum absolute atomic E-state index is 0.0878. The van der Waals surface area contributed by atoms with Crippen molar-refractivity contribution in [2.24, 2.45) is 0 Å². The highest BCUT2D eigenvalue weighted by Gasteiger charge is 2.19. The lowest BCUT2D eigenvalue weighted by molar-refractivity contribution is -0.167. The highest BCUT2D eigenvalue weighted by Crippen LogP contribution is 2.15. The van der Waals surface area contributed by atoms with Crippen LogP contribution >= 0.6 is 0 Å². The number of allylic oxidation sites excluding steroid dienone is 14. The predicted molar refractivity (Wildman–Crippen MR) is 325 cm³/mol. The van der Waals surface area contributed by atoms with Crippen molar-refractivity contribution in [1.82, 2.24) is 0 Å². The van der Waals surface area contributed by atoms with Crippen molar-refractivity contribution in [2.75, 3.05) is 13.2 Å². The summed E-state index contributed by atoms with van der Waals surface area (Å²) in [6.45, 7) is 6.60. The Morgan fingerprint density at radius 1 is 0.267 bits per heavy atom. The smallest absolute Gasteiger partial charge is 0.306 e. The first kappa shape index (κ1) is 71.6. The van der Waals surface area contributed by atoms with Gasteiger partial charge in [0.15, 0.2) is 6.10 Å². The van der Waals surface area contributed by atoms with E-state index in [2.05, 4.69) is 106 Å². The summed E-state index contributed by atoms with van der Waals surface area (Å²) in [5, 5.41) is 0. The van der Waals surface area contributed by atoms with E-state index in [9.17, 15) is 14.4 Å². The SMILES string of the molecule is CCCCCC/C=C\C/C=C\CCCCCCCCCC(=O)OC(COC(=O)CCCCCCC/C=C\C/C=C\CCCCCC)COC(=O)CCCCCCCCCC/C=C\C/C=C\C/C=C\CCCCCCC. The third kappa shape index (κ3) is 61.3. The largest absolute Gasteiger partial charge is 0.462 e. The number of carbonyl (C=O) groups is 3. The van der Waals surface area contributed by atoms with Crippen molar-refractivity contribution in [2.45, 2.75) is 322 Å². The number of carbonyl (C=O) groups excluding carboxylic acids is 3. The fraction of sp³-hybridized carbons (Fsp3) is 0.754. The van der Waals surface area contributed by atoms with E-state index in [1.807, 2.05) is 0 Å². The average Bonchev–Trinajstić information content (AvgIpc) is 3.41. The molecule has 0 N–H and O–H groups in total. The molecule has 0 radical (unpaired) electrons. The highest BCUT2D eigenvalue weighted by molar-refractivity contribution is 5.71. The topological polar surface area (TPSA) is 78.9 Å². The maximum atomic E-state index is 12.9. The summed E-state index contributed by atoms with van der Waals surface area (Å²) in [6.07, 6.45) is 82.9. The Hall–Kier alpha value is -3.41. The van der Waals surface area contributed by atoms with E-state index in [1.165, 1.54) is 167 Å². The maximum Gasteiger partial charge on any atom is 0.306 e. The van der Waals surface area contributed by atoms with Crippen molar-refractivity contribution in [3.63, 3.8) is 0 Å². The summed E-state index contributed by atoms with van der Waals surface area (Å²) < 4.78 is 16.9. The first-order valence-electron chi connectivity index (χ1n) is 32.1. The third-order valence-corrected chi connectivity index (χ3v) is 13.8. The molecule has 0 aliphatic heterocycles. The molecule has 6 heteroatoms. The van der Waals surface area contributed by atoms with Crippen molar-refractivity contribution < 1.29 is 28.6 Å². The Bertz CT molecular complexity index is 1430. The summed E-state index contributed by atoms with van der Waals surface area (Å²) >= 11 is 0. The van der Waals surface area contributed by atoms with Gasteiger partial charge in [0, 0.05) is 19.3 Å². The van der Waals surface area contributed by atoms with E-state index in [4.69, 9.17) is 14.2 Å². The molecule has 0 saturated heterocycles. The molecule has 0 bridgehead atoms. The third-order valence-electron chi connectivity index (χ3n) is 13.8. The monoisotopic (exact) mass is 1040 g/mol. The van der Waals surface area contributed by atoms with Gasteiger partial charge in [0.2, 0.25) is 0 Å². The van der Waals surface area contributed by atoms with Crippen LogP contribution in [0.2, 0.25) is 0 Å². The number of esters is 3. The molecule has 0 aromatic heterocycles. The standard InChI is InChI=1S/C69H120O6/c1-4-7-10-13-16-19-22-25-28-31-33-34-35-36-37-39-41-44-47-50-53-56-59-62-68(71)74-65-66(64-73-67(70)61-58-55-52-49-46-43-40-30-27-24-21-18-15-12-9-6-3)75-69(72)63-60-57-54-51-48-45-42-38-32-29-26-23-20-17-14-11-8-5-2/h20-25,29-33,35-36,40,66H,4-19,26-28,34,37-39,41-65H2,1-3H3/b23-20-,24-21-,25-22-,32-29-,33-31-,36-35-,40-30-. The van der Waals surface area contributed by atoms with Crippen LogP contribution in [0.5, 0.6) is 0 Å².